The number of rotatable bonds is 5. The number of ether oxygens (including phenoxy) is 2. The van der Waals surface area contributed by atoms with Gasteiger partial charge in [-0.15, -0.1) is 0 Å². The summed E-state index contributed by atoms with van der Waals surface area (Å²) >= 11 is 0. The predicted octanol–water partition coefficient (Wildman–Crippen LogP) is 6.60. The Morgan fingerprint density at radius 3 is 2.52 bits per heavy atom. The first-order valence-electron chi connectivity index (χ1n) is 12.5. The van der Waals surface area contributed by atoms with Gasteiger partial charge in [-0.05, 0) is 76.7 Å². The first kappa shape index (κ1) is 23.9. The summed E-state index contributed by atoms with van der Waals surface area (Å²) in [6, 6.07) is 2.24. The Kier molecular flexibility index (Phi) is 6.43. The highest BCUT2D eigenvalue weighted by Gasteiger charge is 2.36. The number of hydrogen-bond acceptors (Lipinski definition) is 5. The fourth-order valence-electron chi connectivity index (χ4n) is 5.59. The van der Waals surface area contributed by atoms with Crippen molar-refractivity contribution >= 4 is 22.6 Å². The summed E-state index contributed by atoms with van der Waals surface area (Å²) in [5, 5.41) is 6.20. The Morgan fingerprint density at radius 1 is 1.21 bits per heavy atom. The summed E-state index contributed by atoms with van der Waals surface area (Å²) in [5.41, 5.74) is 3.72. The van der Waals surface area contributed by atoms with Crippen molar-refractivity contribution in [2.45, 2.75) is 110 Å². The maximum absolute atomic E-state index is 12.8. The number of fused-ring (bicyclic) bond motifs is 1. The van der Waals surface area contributed by atoms with Crippen LogP contribution in [0.1, 0.15) is 121 Å². The highest BCUT2D eigenvalue weighted by molar-refractivity contribution is 5.98. The molecule has 0 saturated heterocycles. The third-order valence-electron chi connectivity index (χ3n) is 6.66. The van der Waals surface area contributed by atoms with Crippen molar-refractivity contribution < 1.29 is 14.3 Å². The Bertz CT molecular complexity index is 1070. The van der Waals surface area contributed by atoms with Crippen LogP contribution in [0, 0.1) is 0 Å². The van der Waals surface area contributed by atoms with Gasteiger partial charge in [-0.3, -0.25) is 0 Å². The Morgan fingerprint density at radius 2 is 1.91 bits per heavy atom. The fraction of sp³-hybridized carbons (Fsp3) is 0.667. The van der Waals surface area contributed by atoms with E-state index in [0.717, 1.165) is 41.6 Å². The molecule has 6 heteroatoms. The number of carbonyl (C=O) groups excluding carboxylic acids is 1. The molecular formula is C27H39N3O3. The quantitative estimate of drug-likeness (QED) is 0.477. The summed E-state index contributed by atoms with van der Waals surface area (Å²) < 4.78 is 13.8. The Labute approximate surface area is 197 Å². The van der Waals surface area contributed by atoms with Crippen LogP contribution in [0.4, 0.5) is 0 Å². The van der Waals surface area contributed by atoms with E-state index in [2.05, 4.69) is 52.3 Å². The van der Waals surface area contributed by atoms with Crippen molar-refractivity contribution in [1.29, 1.82) is 0 Å². The van der Waals surface area contributed by atoms with Crippen LogP contribution in [-0.4, -0.2) is 38.5 Å². The van der Waals surface area contributed by atoms with Crippen molar-refractivity contribution in [3.05, 3.63) is 29.1 Å². The molecule has 2 aromatic heterocycles. The maximum atomic E-state index is 12.8. The third kappa shape index (κ3) is 4.86. The summed E-state index contributed by atoms with van der Waals surface area (Å²) in [5.74, 6) is -0.137. The van der Waals surface area contributed by atoms with E-state index in [9.17, 15) is 4.79 Å². The molecule has 0 amide bonds. The molecule has 33 heavy (non-hydrogen) atoms. The van der Waals surface area contributed by atoms with E-state index in [1.54, 1.807) is 0 Å². The lowest BCUT2D eigenvalue weighted by Crippen LogP contribution is -2.39. The molecule has 2 aromatic rings. The molecule has 0 unspecified atom stereocenters. The van der Waals surface area contributed by atoms with E-state index in [1.807, 2.05) is 13.0 Å². The van der Waals surface area contributed by atoms with Gasteiger partial charge in [0, 0.05) is 6.42 Å². The summed E-state index contributed by atoms with van der Waals surface area (Å²) in [7, 11) is 0. The fourth-order valence-corrected chi connectivity index (χ4v) is 5.59. The maximum Gasteiger partial charge on any atom is 0.357 e. The monoisotopic (exact) mass is 453 g/mol. The van der Waals surface area contributed by atoms with E-state index in [-0.39, 0.29) is 17.5 Å². The second-order valence-electron chi connectivity index (χ2n) is 11.1. The van der Waals surface area contributed by atoms with Gasteiger partial charge in [-0.1, -0.05) is 33.1 Å². The van der Waals surface area contributed by atoms with E-state index in [1.165, 1.54) is 24.8 Å². The molecule has 1 saturated carbocycles. The van der Waals surface area contributed by atoms with Crippen molar-refractivity contribution in [2.75, 3.05) is 6.61 Å². The molecule has 0 radical (unpaired) electrons. The minimum absolute atomic E-state index is 0.243. The highest BCUT2D eigenvalue weighted by Crippen LogP contribution is 2.43. The molecule has 1 aliphatic heterocycles. The van der Waals surface area contributed by atoms with Crippen LogP contribution in [-0.2, 0) is 9.47 Å². The number of nitrogens with zero attached hydrogens (tertiary/aromatic N) is 3. The Hall–Kier alpha value is -2.21. The van der Waals surface area contributed by atoms with Crippen LogP contribution in [0.2, 0.25) is 0 Å². The van der Waals surface area contributed by atoms with Gasteiger partial charge in [0.25, 0.3) is 0 Å². The van der Waals surface area contributed by atoms with Gasteiger partial charge in [0.05, 0.1) is 34.9 Å². The van der Waals surface area contributed by atoms with E-state index in [0.29, 0.717) is 18.3 Å². The summed E-state index contributed by atoms with van der Waals surface area (Å²) in [6.45, 7) is 14.9. The summed E-state index contributed by atoms with van der Waals surface area (Å²) in [4.78, 5) is 17.7. The molecule has 6 nitrogen and oxygen atoms in total. The lowest BCUT2D eigenvalue weighted by molar-refractivity contribution is -0.100. The smallest absolute Gasteiger partial charge is 0.357 e. The molecule has 0 bridgehead atoms. The number of carbonyl (C=O) groups is 1. The minimum atomic E-state index is -0.409. The molecule has 4 rings (SSSR count). The zero-order chi connectivity index (χ0) is 24.0. The SMILES string of the molecule is CCOC(=O)c1cc(C2=CC(C)(C)OC(C)(C)C2)c2c(C(C)C)nn(C3CCCCC3)c2n1. The first-order valence-corrected chi connectivity index (χ1v) is 12.5. The molecule has 0 N–H and O–H groups in total. The molecule has 2 aliphatic rings. The van der Waals surface area contributed by atoms with Gasteiger partial charge >= 0.3 is 5.97 Å². The lowest BCUT2D eigenvalue weighted by atomic mass is 9.84. The third-order valence-corrected chi connectivity index (χ3v) is 6.66. The first-order chi connectivity index (χ1) is 15.5. The molecule has 1 fully saturated rings. The van der Waals surface area contributed by atoms with Gasteiger partial charge in [0.15, 0.2) is 11.3 Å². The van der Waals surface area contributed by atoms with E-state index >= 15 is 0 Å². The van der Waals surface area contributed by atoms with E-state index in [4.69, 9.17) is 19.6 Å². The van der Waals surface area contributed by atoms with Crippen LogP contribution in [0.3, 0.4) is 0 Å². The highest BCUT2D eigenvalue weighted by atomic mass is 16.5. The molecule has 0 atom stereocenters. The molecule has 3 heterocycles. The van der Waals surface area contributed by atoms with E-state index < -0.39 is 5.60 Å². The molecular weight excluding hydrogens is 414 g/mol. The van der Waals surface area contributed by atoms with Crippen LogP contribution in [0.5, 0.6) is 0 Å². The minimum Gasteiger partial charge on any atom is -0.461 e. The van der Waals surface area contributed by atoms with Gasteiger partial charge in [0.1, 0.15) is 0 Å². The van der Waals surface area contributed by atoms with Crippen LogP contribution in [0.15, 0.2) is 12.1 Å². The normalized spacial score (nSPS) is 20.8. The number of hydrogen-bond donors (Lipinski definition) is 0. The number of esters is 1. The lowest BCUT2D eigenvalue weighted by Gasteiger charge is -2.40. The zero-order valence-electron chi connectivity index (χ0n) is 21.3. The predicted molar refractivity (Wildman–Crippen MR) is 132 cm³/mol. The topological polar surface area (TPSA) is 66.2 Å². The van der Waals surface area contributed by atoms with Crippen molar-refractivity contribution in [1.82, 2.24) is 14.8 Å². The standard InChI is InChI=1S/C27H39N3O3/c1-8-32-25(31)21-14-20(18-15-26(4,5)33-27(6,7)16-18)22-23(17(2)3)29-30(24(22)28-21)19-12-10-9-11-13-19/h14-15,17,19H,8-13,16H2,1-7H3. The number of pyridine rings is 1. The molecule has 180 valence electrons. The van der Waals surface area contributed by atoms with Crippen LogP contribution in [0.25, 0.3) is 16.6 Å². The largest absolute Gasteiger partial charge is 0.461 e. The average molecular weight is 454 g/mol. The van der Waals surface area contributed by atoms with Crippen molar-refractivity contribution in [3.63, 3.8) is 0 Å². The second-order valence-corrected chi connectivity index (χ2v) is 11.1. The van der Waals surface area contributed by atoms with Gasteiger partial charge in [0.2, 0.25) is 0 Å². The van der Waals surface area contributed by atoms with Crippen molar-refractivity contribution in [2.24, 2.45) is 0 Å². The second kappa shape index (κ2) is 8.86. The van der Waals surface area contributed by atoms with Gasteiger partial charge < -0.3 is 9.47 Å². The molecule has 0 spiro atoms. The number of aromatic nitrogens is 3. The summed E-state index contributed by atoms with van der Waals surface area (Å²) in [6.07, 6.45) is 8.85. The van der Waals surface area contributed by atoms with Gasteiger partial charge in [-0.2, -0.15) is 5.10 Å². The molecule has 0 aromatic carbocycles. The van der Waals surface area contributed by atoms with Crippen LogP contribution >= 0.6 is 0 Å². The molecule has 1 aliphatic carbocycles. The zero-order valence-corrected chi connectivity index (χ0v) is 21.3. The Balaban J connectivity index is 2.00. The van der Waals surface area contributed by atoms with Gasteiger partial charge in [-0.25, -0.2) is 14.5 Å². The van der Waals surface area contributed by atoms with Crippen molar-refractivity contribution in [3.8, 4) is 0 Å². The average Bonchev–Trinajstić information content (AvgIpc) is 3.11. The van der Waals surface area contributed by atoms with Crippen LogP contribution < -0.4 is 0 Å².